The van der Waals surface area contributed by atoms with Crippen LogP contribution in [0.3, 0.4) is 0 Å². The molecule has 7 heteroatoms. The summed E-state index contributed by atoms with van der Waals surface area (Å²) in [6, 6.07) is 6.28. The third-order valence-electron chi connectivity index (χ3n) is 3.21. The number of nitrogens with two attached hydrogens (primary N) is 1. The summed E-state index contributed by atoms with van der Waals surface area (Å²) in [5.41, 5.74) is 7.19. The van der Waals surface area contributed by atoms with Gasteiger partial charge in [0.05, 0.1) is 4.90 Å². The van der Waals surface area contributed by atoms with Crippen LogP contribution in [0.1, 0.15) is 19.3 Å². The van der Waals surface area contributed by atoms with Crippen molar-refractivity contribution in [1.29, 1.82) is 0 Å². The maximum absolute atomic E-state index is 12.2. The van der Waals surface area contributed by atoms with Crippen molar-refractivity contribution >= 4 is 33.0 Å². The SMILES string of the molecule is NC(=S)Nc1ccc(S(=O)(=O)NCCC2=CCCC=C2)cc1. The van der Waals surface area contributed by atoms with Crippen LogP contribution in [0.5, 0.6) is 0 Å². The first-order chi connectivity index (χ1) is 10.5. The summed E-state index contributed by atoms with van der Waals surface area (Å²) in [6.07, 6.45) is 9.07. The van der Waals surface area contributed by atoms with Crippen molar-refractivity contribution in [1.82, 2.24) is 4.72 Å². The number of nitrogens with one attached hydrogen (secondary N) is 2. The van der Waals surface area contributed by atoms with E-state index in [0.717, 1.165) is 12.8 Å². The third-order valence-corrected chi connectivity index (χ3v) is 4.79. The summed E-state index contributed by atoms with van der Waals surface area (Å²) in [6.45, 7) is 0.380. The average molecular weight is 337 g/mol. The molecule has 22 heavy (non-hydrogen) atoms. The summed E-state index contributed by atoms with van der Waals surface area (Å²) in [5, 5.41) is 2.89. The van der Waals surface area contributed by atoms with Gasteiger partial charge >= 0.3 is 0 Å². The Balaban J connectivity index is 1.93. The van der Waals surface area contributed by atoms with Crippen molar-refractivity contribution in [3.8, 4) is 0 Å². The largest absolute Gasteiger partial charge is 0.376 e. The molecule has 1 aromatic carbocycles. The van der Waals surface area contributed by atoms with E-state index in [2.05, 4.69) is 22.2 Å². The molecule has 0 aromatic heterocycles. The first-order valence-corrected chi connectivity index (χ1v) is 8.88. The minimum atomic E-state index is -3.50. The van der Waals surface area contributed by atoms with Crippen LogP contribution < -0.4 is 15.8 Å². The topological polar surface area (TPSA) is 84.2 Å². The highest BCUT2D eigenvalue weighted by atomic mass is 32.2. The number of hydrogen-bond donors (Lipinski definition) is 3. The van der Waals surface area contributed by atoms with Crippen molar-refractivity contribution in [2.75, 3.05) is 11.9 Å². The molecule has 0 bridgehead atoms. The Bertz CT molecular complexity index is 692. The van der Waals surface area contributed by atoms with Crippen LogP contribution in [0.15, 0.2) is 53.0 Å². The van der Waals surface area contributed by atoms with Crippen LogP contribution in [-0.2, 0) is 10.0 Å². The van der Waals surface area contributed by atoms with Gasteiger partial charge in [-0.2, -0.15) is 0 Å². The second-order valence-corrected chi connectivity index (χ2v) is 7.13. The molecule has 0 heterocycles. The zero-order valence-corrected chi connectivity index (χ0v) is 13.7. The van der Waals surface area contributed by atoms with Crippen molar-refractivity contribution in [2.24, 2.45) is 5.73 Å². The lowest BCUT2D eigenvalue weighted by Gasteiger charge is -2.10. The fourth-order valence-electron chi connectivity index (χ4n) is 2.13. The smallest absolute Gasteiger partial charge is 0.240 e. The zero-order valence-electron chi connectivity index (χ0n) is 12.1. The molecule has 118 valence electrons. The van der Waals surface area contributed by atoms with E-state index < -0.39 is 10.0 Å². The van der Waals surface area contributed by atoms with E-state index in [0.29, 0.717) is 18.7 Å². The van der Waals surface area contributed by atoms with Gasteiger partial charge in [0.1, 0.15) is 0 Å². The van der Waals surface area contributed by atoms with Crippen LogP contribution >= 0.6 is 12.2 Å². The minimum Gasteiger partial charge on any atom is -0.376 e. The summed E-state index contributed by atoms with van der Waals surface area (Å²) in [5.74, 6) is 0. The van der Waals surface area contributed by atoms with E-state index in [1.54, 1.807) is 12.1 Å². The third kappa shape index (κ3) is 4.94. The number of benzene rings is 1. The number of allylic oxidation sites excluding steroid dienone is 3. The Morgan fingerprint density at radius 3 is 2.55 bits per heavy atom. The summed E-state index contributed by atoms with van der Waals surface area (Å²) >= 11 is 4.73. The molecule has 0 saturated heterocycles. The lowest BCUT2D eigenvalue weighted by Crippen LogP contribution is -2.25. The maximum atomic E-state index is 12.2. The van der Waals surface area contributed by atoms with E-state index in [1.807, 2.05) is 6.08 Å². The predicted octanol–water partition coefficient (Wildman–Crippen LogP) is 2.29. The quantitative estimate of drug-likeness (QED) is 0.694. The molecule has 0 atom stereocenters. The van der Waals surface area contributed by atoms with Crippen LogP contribution in [0.4, 0.5) is 5.69 Å². The Labute approximate surface area is 136 Å². The molecular weight excluding hydrogens is 318 g/mol. The molecule has 1 aliphatic carbocycles. The van der Waals surface area contributed by atoms with E-state index in [9.17, 15) is 8.42 Å². The van der Waals surface area contributed by atoms with Crippen molar-refractivity contribution < 1.29 is 8.42 Å². The Kier molecular flexibility index (Phi) is 5.70. The van der Waals surface area contributed by atoms with Gasteiger partial charge in [0.25, 0.3) is 0 Å². The van der Waals surface area contributed by atoms with Gasteiger partial charge < -0.3 is 11.1 Å². The van der Waals surface area contributed by atoms with Crippen molar-refractivity contribution in [3.63, 3.8) is 0 Å². The van der Waals surface area contributed by atoms with Gasteiger partial charge in [0.2, 0.25) is 10.0 Å². The normalized spacial score (nSPS) is 14.5. The highest BCUT2D eigenvalue weighted by molar-refractivity contribution is 7.89. The molecule has 4 N–H and O–H groups in total. The molecule has 1 aromatic rings. The number of hydrogen-bond acceptors (Lipinski definition) is 3. The molecule has 0 fully saturated rings. The fraction of sp³-hybridized carbons (Fsp3) is 0.267. The minimum absolute atomic E-state index is 0.141. The average Bonchev–Trinajstić information content (AvgIpc) is 2.48. The highest BCUT2D eigenvalue weighted by Gasteiger charge is 2.13. The molecule has 0 saturated carbocycles. The van der Waals surface area contributed by atoms with E-state index in [-0.39, 0.29) is 10.0 Å². The number of rotatable bonds is 6. The number of thiocarbonyl (C=S) groups is 1. The molecular formula is C15H19N3O2S2. The molecule has 0 unspecified atom stereocenters. The zero-order chi connectivity index (χ0) is 16.0. The van der Waals surface area contributed by atoms with Gasteiger partial charge in [0.15, 0.2) is 5.11 Å². The Morgan fingerprint density at radius 1 is 1.23 bits per heavy atom. The standard InChI is InChI=1S/C15H19N3O2S2/c16-15(21)18-13-6-8-14(9-7-13)22(19,20)17-11-10-12-4-2-1-3-5-12/h2,4-9,17H,1,3,10-11H2,(H3,16,18,21). The van der Waals surface area contributed by atoms with Crippen LogP contribution in [-0.4, -0.2) is 20.1 Å². The maximum Gasteiger partial charge on any atom is 0.240 e. The summed E-state index contributed by atoms with van der Waals surface area (Å²) in [7, 11) is -3.50. The van der Waals surface area contributed by atoms with Crippen molar-refractivity contribution in [2.45, 2.75) is 24.2 Å². The highest BCUT2D eigenvalue weighted by Crippen LogP contribution is 2.15. The predicted molar refractivity (Wildman–Crippen MR) is 93.1 cm³/mol. The van der Waals surface area contributed by atoms with Crippen molar-refractivity contribution in [3.05, 3.63) is 48.1 Å². The Hall–Kier alpha value is -1.70. The van der Waals surface area contributed by atoms with Gasteiger partial charge in [-0.05, 0) is 55.7 Å². The van der Waals surface area contributed by atoms with Gasteiger partial charge in [-0.15, -0.1) is 0 Å². The van der Waals surface area contributed by atoms with E-state index in [4.69, 9.17) is 18.0 Å². The number of sulfonamides is 1. The van der Waals surface area contributed by atoms with E-state index in [1.165, 1.54) is 17.7 Å². The first-order valence-electron chi connectivity index (χ1n) is 6.99. The van der Waals surface area contributed by atoms with E-state index >= 15 is 0 Å². The molecule has 5 nitrogen and oxygen atoms in total. The molecule has 1 aliphatic rings. The lowest BCUT2D eigenvalue weighted by molar-refractivity contribution is 0.581. The Morgan fingerprint density at radius 2 is 1.95 bits per heavy atom. The van der Waals surface area contributed by atoms with Crippen LogP contribution in [0, 0.1) is 0 Å². The molecule has 0 aliphatic heterocycles. The number of anilines is 1. The molecule has 0 amide bonds. The summed E-state index contributed by atoms with van der Waals surface area (Å²) in [4.78, 5) is 0.217. The van der Waals surface area contributed by atoms with Gasteiger partial charge in [-0.25, -0.2) is 13.1 Å². The molecule has 0 radical (unpaired) electrons. The summed E-state index contributed by atoms with van der Waals surface area (Å²) < 4.78 is 27.0. The second kappa shape index (κ2) is 7.53. The van der Waals surface area contributed by atoms with Gasteiger partial charge in [-0.1, -0.05) is 23.8 Å². The van der Waals surface area contributed by atoms with Crippen LogP contribution in [0.25, 0.3) is 0 Å². The first kappa shape index (κ1) is 16.7. The second-order valence-electron chi connectivity index (χ2n) is 4.92. The van der Waals surface area contributed by atoms with Crippen LogP contribution in [0.2, 0.25) is 0 Å². The molecule has 0 spiro atoms. The van der Waals surface area contributed by atoms with Gasteiger partial charge in [-0.3, -0.25) is 0 Å². The van der Waals surface area contributed by atoms with Gasteiger partial charge in [0, 0.05) is 12.2 Å². The molecule has 2 rings (SSSR count). The lowest BCUT2D eigenvalue weighted by atomic mass is 10.0. The monoisotopic (exact) mass is 337 g/mol. The fourth-order valence-corrected chi connectivity index (χ4v) is 3.28.